The first kappa shape index (κ1) is 17.0. The molecule has 0 unspecified atom stereocenters. The van der Waals surface area contributed by atoms with Crippen molar-refractivity contribution in [3.63, 3.8) is 0 Å². The van der Waals surface area contributed by atoms with E-state index in [1.54, 1.807) is 11.0 Å². The lowest BCUT2D eigenvalue weighted by Gasteiger charge is -2.35. The molecule has 1 saturated heterocycles. The molecule has 2 heterocycles. The van der Waals surface area contributed by atoms with Gasteiger partial charge in [0.15, 0.2) is 11.5 Å². The standard InChI is InChI=1S/C19H19ClN2O4/c20-14-2-3-16(23)15(10-14)19(24)22-7-5-21(6-8-22)11-13-1-4-17-18(9-13)26-12-25-17/h1-4,9-10,23H,5-8,11-12H2. The van der Waals surface area contributed by atoms with E-state index in [-0.39, 0.29) is 24.0 Å². The molecule has 0 spiro atoms. The molecule has 0 radical (unpaired) electrons. The van der Waals surface area contributed by atoms with Crippen molar-refractivity contribution in [3.8, 4) is 17.2 Å². The number of benzene rings is 2. The van der Waals surface area contributed by atoms with Crippen LogP contribution in [-0.2, 0) is 6.54 Å². The summed E-state index contributed by atoms with van der Waals surface area (Å²) in [5.41, 5.74) is 1.41. The summed E-state index contributed by atoms with van der Waals surface area (Å²) in [5, 5.41) is 10.4. The SMILES string of the molecule is O=C(c1cc(Cl)ccc1O)N1CCN(Cc2ccc3c(c2)OCO3)CC1. The highest BCUT2D eigenvalue weighted by molar-refractivity contribution is 6.31. The monoisotopic (exact) mass is 374 g/mol. The second-order valence-corrected chi connectivity index (χ2v) is 6.85. The van der Waals surface area contributed by atoms with E-state index in [1.165, 1.54) is 12.1 Å². The number of piperazine rings is 1. The Morgan fingerprint density at radius 1 is 1.04 bits per heavy atom. The van der Waals surface area contributed by atoms with Crippen LogP contribution in [0.5, 0.6) is 17.2 Å². The number of rotatable bonds is 3. The zero-order valence-corrected chi connectivity index (χ0v) is 14.9. The molecule has 0 aliphatic carbocycles. The lowest BCUT2D eigenvalue weighted by atomic mass is 10.1. The highest BCUT2D eigenvalue weighted by atomic mass is 35.5. The van der Waals surface area contributed by atoms with Gasteiger partial charge in [-0.05, 0) is 35.9 Å². The van der Waals surface area contributed by atoms with Crippen LogP contribution >= 0.6 is 11.6 Å². The fraction of sp³-hybridized carbons (Fsp3) is 0.316. The molecule has 136 valence electrons. The third kappa shape index (κ3) is 3.43. The summed E-state index contributed by atoms with van der Waals surface area (Å²) < 4.78 is 10.8. The lowest BCUT2D eigenvalue weighted by Crippen LogP contribution is -2.48. The minimum absolute atomic E-state index is 0.0396. The molecule has 1 amide bonds. The van der Waals surface area contributed by atoms with Gasteiger partial charge in [-0.25, -0.2) is 0 Å². The Hall–Kier alpha value is -2.44. The Kier molecular flexibility index (Phi) is 4.61. The molecule has 0 atom stereocenters. The smallest absolute Gasteiger partial charge is 0.257 e. The number of phenolic OH excluding ortho intramolecular Hbond substituents is 1. The first-order chi connectivity index (χ1) is 12.6. The molecular weight excluding hydrogens is 356 g/mol. The maximum Gasteiger partial charge on any atom is 0.257 e. The third-order valence-corrected chi connectivity index (χ3v) is 4.93. The average Bonchev–Trinajstić information content (AvgIpc) is 3.11. The van der Waals surface area contributed by atoms with Crippen molar-refractivity contribution in [1.82, 2.24) is 9.80 Å². The second kappa shape index (κ2) is 7.05. The number of phenols is 1. The van der Waals surface area contributed by atoms with E-state index >= 15 is 0 Å². The van der Waals surface area contributed by atoms with Crippen molar-refractivity contribution >= 4 is 17.5 Å². The van der Waals surface area contributed by atoms with Crippen LogP contribution in [0, 0.1) is 0 Å². The highest BCUT2D eigenvalue weighted by Gasteiger charge is 2.24. The van der Waals surface area contributed by atoms with Gasteiger partial charge in [-0.1, -0.05) is 17.7 Å². The summed E-state index contributed by atoms with van der Waals surface area (Å²) in [4.78, 5) is 16.7. The van der Waals surface area contributed by atoms with Crippen LogP contribution in [0.2, 0.25) is 5.02 Å². The predicted octanol–water partition coefficient (Wildman–Crippen LogP) is 2.73. The van der Waals surface area contributed by atoms with Crippen LogP contribution in [0.4, 0.5) is 0 Å². The number of hydrogen-bond donors (Lipinski definition) is 1. The summed E-state index contributed by atoms with van der Waals surface area (Å²) >= 11 is 5.94. The van der Waals surface area contributed by atoms with Crippen molar-refractivity contribution in [2.75, 3.05) is 33.0 Å². The Morgan fingerprint density at radius 2 is 1.81 bits per heavy atom. The van der Waals surface area contributed by atoms with Gasteiger partial charge in [0.25, 0.3) is 5.91 Å². The Labute approximate surface area is 156 Å². The third-order valence-electron chi connectivity index (χ3n) is 4.69. The first-order valence-corrected chi connectivity index (χ1v) is 8.86. The van der Waals surface area contributed by atoms with Gasteiger partial charge in [0.1, 0.15) is 5.75 Å². The van der Waals surface area contributed by atoms with Crippen LogP contribution in [-0.4, -0.2) is 53.8 Å². The van der Waals surface area contributed by atoms with Gasteiger partial charge in [-0.3, -0.25) is 9.69 Å². The molecular formula is C19H19ClN2O4. The Bertz CT molecular complexity index is 834. The lowest BCUT2D eigenvalue weighted by molar-refractivity contribution is 0.0625. The summed E-state index contributed by atoms with van der Waals surface area (Å²) in [6.07, 6.45) is 0. The number of hydrogen-bond acceptors (Lipinski definition) is 5. The number of carbonyl (C=O) groups is 1. The van der Waals surface area contributed by atoms with Crippen LogP contribution in [0.3, 0.4) is 0 Å². The number of nitrogens with zero attached hydrogens (tertiary/aromatic N) is 2. The van der Waals surface area contributed by atoms with Gasteiger partial charge in [-0.2, -0.15) is 0 Å². The van der Waals surface area contributed by atoms with Gasteiger partial charge in [0.05, 0.1) is 5.56 Å². The van der Waals surface area contributed by atoms with Crippen LogP contribution in [0.25, 0.3) is 0 Å². The zero-order chi connectivity index (χ0) is 18.1. The summed E-state index contributed by atoms with van der Waals surface area (Å²) in [7, 11) is 0. The van der Waals surface area contributed by atoms with Gasteiger partial charge >= 0.3 is 0 Å². The number of fused-ring (bicyclic) bond motifs is 1. The first-order valence-electron chi connectivity index (χ1n) is 8.49. The van der Waals surface area contributed by atoms with Gasteiger partial charge in [0.2, 0.25) is 6.79 Å². The van der Waals surface area contributed by atoms with Gasteiger partial charge < -0.3 is 19.5 Å². The minimum atomic E-state index is -0.187. The van der Waals surface area contributed by atoms with E-state index < -0.39 is 0 Å². The number of amides is 1. The number of carbonyl (C=O) groups excluding carboxylic acids is 1. The fourth-order valence-corrected chi connectivity index (χ4v) is 3.43. The second-order valence-electron chi connectivity index (χ2n) is 6.42. The van der Waals surface area contributed by atoms with Crippen LogP contribution in [0.15, 0.2) is 36.4 Å². The summed E-state index contributed by atoms with van der Waals surface area (Å²) in [6.45, 7) is 3.81. The van der Waals surface area contributed by atoms with E-state index in [2.05, 4.69) is 4.90 Å². The number of halogens is 1. The maximum atomic E-state index is 12.6. The quantitative estimate of drug-likeness (QED) is 0.895. The molecule has 1 N–H and O–H groups in total. The Balaban J connectivity index is 1.36. The van der Waals surface area contributed by atoms with Gasteiger partial charge in [0, 0.05) is 37.7 Å². The van der Waals surface area contributed by atoms with Gasteiger partial charge in [-0.15, -0.1) is 0 Å². The van der Waals surface area contributed by atoms with E-state index in [4.69, 9.17) is 21.1 Å². The molecule has 0 bridgehead atoms. The minimum Gasteiger partial charge on any atom is -0.507 e. The van der Waals surface area contributed by atoms with E-state index in [0.717, 1.165) is 36.7 Å². The Morgan fingerprint density at radius 3 is 2.62 bits per heavy atom. The molecule has 2 aromatic carbocycles. The molecule has 6 nitrogen and oxygen atoms in total. The van der Waals surface area contributed by atoms with Crippen LogP contribution in [0.1, 0.15) is 15.9 Å². The van der Waals surface area contributed by atoms with E-state index in [9.17, 15) is 9.90 Å². The average molecular weight is 375 g/mol. The molecule has 0 aromatic heterocycles. The molecule has 2 aliphatic rings. The zero-order valence-electron chi connectivity index (χ0n) is 14.2. The molecule has 0 saturated carbocycles. The number of ether oxygens (including phenoxy) is 2. The number of aromatic hydroxyl groups is 1. The van der Waals surface area contributed by atoms with Crippen molar-refractivity contribution < 1.29 is 19.4 Å². The molecule has 2 aromatic rings. The summed E-state index contributed by atoms with van der Waals surface area (Å²) in [5.74, 6) is 1.34. The van der Waals surface area contributed by atoms with Crippen LogP contribution < -0.4 is 9.47 Å². The summed E-state index contributed by atoms with van der Waals surface area (Å²) in [6, 6.07) is 10.5. The maximum absolute atomic E-state index is 12.6. The fourth-order valence-electron chi connectivity index (χ4n) is 3.26. The topological polar surface area (TPSA) is 62.2 Å². The predicted molar refractivity (Wildman–Crippen MR) is 96.9 cm³/mol. The normalized spacial score (nSPS) is 16.7. The molecule has 7 heteroatoms. The molecule has 4 rings (SSSR count). The molecule has 1 fully saturated rings. The van der Waals surface area contributed by atoms with Crippen molar-refractivity contribution in [2.24, 2.45) is 0 Å². The largest absolute Gasteiger partial charge is 0.507 e. The molecule has 26 heavy (non-hydrogen) atoms. The van der Waals surface area contributed by atoms with Crippen molar-refractivity contribution in [1.29, 1.82) is 0 Å². The van der Waals surface area contributed by atoms with E-state index in [0.29, 0.717) is 18.1 Å². The highest BCUT2D eigenvalue weighted by Crippen LogP contribution is 2.33. The van der Waals surface area contributed by atoms with Crippen molar-refractivity contribution in [3.05, 3.63) is 52.5 Å². The molecule has 2 aliphatic heterocycles. The van der Waals surface area contributed by atoms with E-state index in [1.807, 2.05) is 18.2 Å². The van der Waals surface area contributed by atoms with Crippen molar-refractivity contribution in [2.45, 2.75) is 6.54 Å².